The van der Waals surface area contributed by atoms with Gasteiger partial charge in [0, 0.05) is 28.9 Å². The molecule has 1 atom stereocenters. The maximum absolute atomic E-state index is 12.5. The van der Waals surface area contributed by atoms with Crippen LogP contribution in [0.4, 0.5) is 0 Å². The van der Waals surface area contributed by atoms with Crippen LogP contribution >= 0.6 is 11.3 Å². The molecule has 0 spiro atoms. The molecular formula is C20H26N2O3S2. The van der Waals surface area contributed by atoms with Crippen molar-refractivity contribution < 1.29 is 13.2 Å². The minimum atomic E-state index is -3.47. The van der Waals surface area contributed by atoms with Gasteiger partial charge in [0.2, 0.25) is 15.9 Å². The summed E-state index contributed by atoms with van der Waals surface area (Å²) in [5, 5.41) is 2.90. The fourth-order valence-electron chi connectivity index (χ4n) is 2.69. The van der Waals surface area contributed by atoms with E-state index in [1.54, 1.807) is 41.7 Å². The van der Waals surface area contributed by atoms with E-state index in [1.165, 1.54) is 15.3 Å². The van der Waals surface area contributed by atoms with Crippen molar-refractivity contribution in [3.8, 4) is 0 Å². The van der Waals surface area contributed by atoms with Gasteiger partial charge in [0.25, 0.3) is 0 Å². The highest BCUT2D eigenvalue weighted by Gasteiger charge is 2.21. The third kappa shape index (κ3) is 5.51. The number of rotatable bonds is 8. The summed E-state index contributed by atoms with van der Waals surface area (Å²) in [5.74, 6) is -0.187. The van der Waals surface area contributed by atoms with Crippen molar-refractivity contribution in [1.29, 1.82) is 0 Å². The lowest BCUT2D eigenvalue weighted by Crippen LogP contribution is -2.30. The molecule has 0 saturated carbocycles. The number of aryl methyl sites for hydroxylation is 1. The van der Waals surface area contributed by atoms with Crippen molar-refractivity contribution >= 4 is 33.3 Å². The first-order valence-corrected chi connectivity index (χ1v) is 11.2. The van der Waals surface area contributed by atoms with E-state index in [0.29, 0.717) is 13.1 Å². The number of nitrogens with zero attached hydrogens (tertiary/aromatic N) is 1. The van der Waals surface area contributed by atoms with Crippen LogP contribution in [0.1, 0.15) is 42.1 Å². The number of thiophene rings is 1. The summed E-state index contributed by atoms with van der Waals surface area (Å²) in [6.07, 6.45) is 3.31. The largest absolute Gasteiger partial charge is 0.346 e. The number of hydrogen-bond acceptors (Lipinski definition) is 4. The zero-order valence-corrected chi connectivity index (χ0v) is 17.7. The summed E-state index contributed by atoms with van der Waals surface area (Å²) in [6, 6.07) is 10.4. The Morgan fingerprint density at radius 3 is 2.30 bits per heavy atom. The molecule has 1 N–H and O–H groups in total. The third-order valence-corrected chi connectivity index (χ3v) is 7.27. The predicted octanol–water partition coefficient (Wildman–Crippen LogP) is 3.98. The van der Waals surface area contributed by atoms with Crippen molar-refractivity contribution in [3.05, 3.63) is 57.8 Å². The van der Waals surface area contributed by atoms with Gasteiger partial charge < -0.3 is 5.32 Å². The first-order valence-electron chi connectivity index (χ1n) is 8.93. The second kappa shape index (κ2) is 9.30. The van der Waals surface area contributed by atoms with Crippen LogP contribution in [0, 0.1) is 6.92 Å². The van der Waals surface area contributed by atoms with Gasteiger partial charge in [0.05, 0.1) is 10.9 Å². The van der Waals surface area contributed by atoms with Gasteiger partial charge in [0.15, 0.2) is 0 Å². The smallest absolute Gasteiger partial charge is 0.244 e. The fourth-order valence-corrected chi connectivity index (χ4v) is 4.92. The van der Waals surface area contributed by atoms with E-state index in [4.69, 9.17) is 0 Å². The molecule has 1 heterocycles. The monoisotopic (exact) mass is 406 g/mol. The highest BCUT2D eigenvalue weighted by molar-refractivity contribution is 7.89. The van der Waals surface area contributed by atoms with Crippen LogP contribution in [0.2, 0.25) is 0 Å². The molecule has 0 fully saturated rings. The van der Waals surface area contributed by atoms with Crippen molar-refractivity contribution in [3.63, 3.8) is 0 Å². The lowest BCUT2D eigenvalue weighted by Gasteiger charge is -2.19. The molecular weight excluding hydrogens is 380 g/mol. The molecule has 2 rings (SSSR count). The van der Waals surface area contributed by atoms with Gasteiger partial charge in [-0.25, -0.2) is 8.42 Å². The standard InChI is InChI=1S/C20H26N2O3S2/c1-5-22(6-2)27(24,25)19-12-8-17(9-13-19)16(4)21-20(23)14-11-18-10-7-15(3)26-18/h7-14,16H,5-6H2,1-4H3,(H,21,23)/b14-11+/t16-/m1/s1. The van der Waals surface area contributed by atoms with Crippen LogP contribution in [0.15, 0.2) is 47.4 Å². The number of carbonyl (C=O) groups excluding carboxylic acids is 1. The molecule has 27 heavy (non-hydrogen) atoms. The Balaban J connectivity index is 2.03. The summed E-state index contributed by atoms with van der Waals surface area (Å²) in [7, 11) is -3.47. The highest BCUT2D eigenvalue weighted by atomic mass is 32.2. The first kappa shape index (κ1) is 21.3. The van der Waals surface area contributed by atoms with E-state index >= 15 is 0 Å². The second-order valence-corrected chi connectivity index (χ2v) is 9.43. The molecule has 2 aromatic rings. The van der Waals surface area contributed by atoms with E-state index in [2.05, 4.69) is 5.32 Å². The molecule has 146 valence electrons. The molecule has 0 aliphatic rings. The Labute approximate surface area is 165 Å². The second-order valence-electron chi connectivity index (χ2n) is 6.17. The van der Waals surface area contributed by atoms with Crippen LogP contribution in [0.3, 0.4) is 0 Å². The van der Waals surface area contributed by atoms with E-state index in [-0.39, 0.29) is 16.8 Å². The van der Waals surface area contributed by atoms with E-state index in [9.17, 15) is 13.2 Å². The Bertz CT molecular complexity index is 896. The molecule has 1 aromatic carbocycles. The van der Waals surface area contributed by atoms with E-state index in [0.717, 1.165) is 10.4 Å². The first-order chi connectivity index (χ1) is 12.8. The number of carbonyl (C=O) groups is 1. The predicted molar refractivity (Wildman–Crippen MR) is 111 cm³/mol. The summed E-state index contributed by atoms with van der Waals surface area (Å²) in [5.41, 5.74) is 0.849. The lowest BCUT2D eigenvalue weighted by atomic mass is 10.1. The molecule has 0 aliphatic heterocycles. The summed E-state index contributed by atoms with van der Waals surface area (Å²) < 4.78 is 26.5. The van der Waals surface area contributed by atoms with E-state index < -0.39 is 10.0 Å². The number of hydrogen-bond donors (Lipinski definition) is 1. The normalized spacial score (nSPS) is 13.2. The van der Waals surface area contributed by atoms with Gasteiger partial charge in [-0.05, 0) is 49.8 Å². The quantitative estimate of drug-likeness (QED) is 0.675. The Kier molecular flexibility index (Phi) is 7.35. The zero-order chi connectivity index (χ0) is 20.0. The zero-order valence-electron chi connectivity index (χ0n) is 16.1. The Hall–Kier alpha value is -1.96. The third-order valence-electron chi connectivity index (χ3n) is 4.24. The number of sulfonamides is 1. The molecule has 1 aromatic heterocycles. The number of benzene rings is 1. The molecule has 0 radical (unpaired) electrons. The summed E-state index contributed by atoms with van der Waals surface area (Å²) >= 11 is 1.63. The molecule has 7 heteroatoms. The number of nitrogens with one attached hydrogen (secondary N) is 1. The molecule has 0 aliphatic carbocycles. The maximum atomic E-state index is 12.5. The van der Waals surface area contributed by atoms with Gasteiger partial charge in [-0.3, -0.25) is 4.79 Å². The maximum Gasteiger partial charge on any atom is 0.244 e. The Morgan fingerprint density at radius 2 is 1.78 bits per heavy atom. The fraction of sp³-hybridized carbons (Fsp3) is 0.350. The molecule has 0 saturated heterocycles. The van der Waals surface area contributed by atoms with Crippen LogP contribution in [0.5, 0.6) is 0 Å². The van der Waals surface area contributed by atoms with E-state index in [1.807, 2.05) is 39.8 Å². The molecule has 0 unspecified atom stereocenters. The Morgan fingerprint density at radius 1 is 1.15 bits per heavy atom. The van der Waals surface area contributed by atoms with Crippen LogP contribution < -0.4 is 5.32 Å². The average Bonchev–Trinajstić information content (AvgIpc) is 3.06. The topological polar surface area (TPSA) is 66.5 Å². The van der Waals surface area contributed by atoms with Gasteiger partial charge in [0.1, 0.15) is 0 Å². The summed E-state index contributed by atoms with van der Waals surface area (Å²) in [4.78, 5) is 14.6. The van der Waals surface area contributed by atoms with Crippen LogP contribution in [0.25, 0.3) is 6.08 Å². The minimum Gasteiger partial charge on any atom is -0.346 e. The highest BCUT2D eigenvalue weighted by Crippen LogP contribution is 2.20. The lowest BCUT2D eigenvalue weighted by molar-refractivity contribution is -0.117. The van der Waals surface area contributed by atoms with Crippen molar-refractivity contribution in [2.24, 2.45) is 0 Å². The van der Waals surface area contributed by atoms with Gasteiger partial charge in [-0.15, -0.1) is 11.3 Å². The van der Waals surface area contributed by atoms with Crippen molar-refractivity contribution in [1.82, 2.24) is 9.62 Å². The summed E-state index contributed by atoms with van der Waals surface area (Å²) in [6.45, 7) is 8.39. The van der Waals surface area contributed by atoms with Crippen LogP contribution in [-0.4, -0.2) is 31.7 Å². The molecule has 5 nitrogen and oxygen atoms in total. The minimum absolute atomic E-state index is 0.187. The number of amides is 1. The van der Waals surface area contributed by atoms with Gasteiger partial charge in [-0.1, -0.05) is 26.0 Å². The van der Waals surface area contributed by atoms with Gasteiger partial charge in [-0.2, -0.15) is 4.31 Å². The van der Waals surface area contributed by atoms with Crippen molar-refractivity contribution in [2.75, 3.05) is 13.1 Å². The van der Waals surface area contributed by atoms with Gasteiger partial charge >= 0.3 is 0 Å². The average molecular weight is 407 g/mol. The van der Waals surface area contributed by atoms with Crippen molar-refractivity contribution in [2.45, 2.75) is 38.6 Å². The van der Waals surface area contributed by atoms with Crippen LogP contribution in [-0.2, 0) is 14.8 Å². The SMILES string of the molecule is CCN(CC)S(=O)(=O)c1ccc([C@@H](C)NC(=O)/C=C/c2ccc(C)s2)cc1. The molecule has 1 amide bonds. The molecule has 0 bridgehead atoms.